The van der Waals surface area contributed by atoms with E-state index in [1.54, 1.807) is 30.3 Å². The van der Waals surface area contributed by atoms with Gasteiger partial charge in [-0.05, 0) is 65.7 Å². The number of halogens is 2. The number of nitrogens with one attached hydrogen (secondary N) is 1. The number of sulfonamides is 1. The summed E-state index contributed by atoms with van der Waals surface area (Å²) in [4.78, 5) is 18.0. The second-order valence-corrected chi connectivity index (χ2v) is 12.3. The van der Waals surface area contributed by atoms with Crippen molar-refractivity contribution in [1.82, 2.24) is 10.3 Å². The van der Waals surface area contributed by atoms with Gasteiger partial charge < -0.3 is 15.5 Å². The highest BCUT2D eigenvalue weighted by atomic mass is 32.2. The standard InChI is InChI=1S/C32H26F2N4O4S/c1-36-32(39)29-23-15-22(26-12-11-25(35)30(37-26)19-13-18-5-4-6-24(34)21(18)14-19)27(38(2)43(3,40)41)16-28(23)42-31(29)17-7-9-20(33)10-8-17/h4-12,14-16H,13,35H2,1-3H3,(H,36,39). The molecule has 3 aromatic carbocycles. The monoisotopic (exact) mass is 600 g/mol. The highest BCUT2D eigenvalue weighted by Gasteiger charge is 2.27. The fraction of sp³-hybridized carbons (Fsp3) is 0.125. The van der Waals surface area contributed by atoms with E-state index in [-0.39, 0.29) is 28.4 Å². The molecule has 0 spiro atoms. The molecule has 0 fully saturated rings. The quantitative estimate of drug-likeness (QED) is 0.252. The van der Waals surface area contributed by atoms with E-state index in [4.69, 9.17) is 15.1 Å². The third-order valence-corrected chi connectivity index (χ3v) is 8.74. The number of nitrogens with zero attached hydrogens (tertiary/aromatic N) is 2. The van der Waals surface area contributed by atoms with Gasteiger partial charge in [0, 0.05) is 48.7 Å². The van der Waals surface area contributed by atoms with Gasteiger partial charge in [-0.3, -0.25) is 9.10 Å². The number of allylic oxidation sites excluding steroid dienone is 1. The summed E-state index contributed by atoms with van der Waals surface area (Å²) in [5.41, 5.74) is 11.1. The molecule has 1 aliphatic carbocycles. The van der Waals surface area contributed by atoms with Crippen LogP contribution >= 0.6 is 0 Å². The molecule has 3 N–H and O–H groups in total. The number of rotatable bonds is 6. The third-order valence-electron chi connectivity index (χ3n) is 7.55. The first-order valence-corrected chi connectivity index (χ1v) is 15.1. The molecule has 8 nitrogen and oxygen atoms in total. The Balaban J connectivity index is 1.59. The van der Waals surface area contributed by atoms with Crippen LogP contribution < -0.4 is 15.4 Å². The van der Waals surface area contributed by atoms with Crippen LogP contribution in [0.5, 0.6) is 0 Å². The second-order valence-electron chi connectivity index (χ2n) is 10.3. The van der Waals surface area contributed by atoms with Crippen LogP contribution in [0.3, 0.4) is 0 Å². The van der Waals surface area contributed by atoms with Gasteiger partial charge in [0.05, 0.1) is 34.6 Å². The SMILES string of the molecule is CNC(=O)c1c(-c2ccc(F)cc2)oc2cc(N(C)S(C)(=O)=O)c(-c3ccc(N)c(C4=Cc5c(F)cccc5C4)n3)cc12. The summed E-state index contributed by atoms with van der Waals surface area (Å²) in [7, 11) is -0.864. The van der Waals surface area contributed by atoms with Gasteiger partial charge in [0.15, 0.2) is 0 Å². The average Bonchev–Trinajstić information content (AvgIpc) is 3.58. The van der Waals surface area contributed by atoms with Crippen LogP contribution in [0, 0.1) is 11.6 Å². The number of nitrogens with two attached hydrogens (primary N) is 1. The van der Waals surface area contributed by atoms with E-state index in [9.17, 15) is 22.0 Å². The zero-order chi connectivity index (χ0) is 30.6. The first-order chi connectivity index (χ1) is 20.5. The summed E-state index contributed by atoms with van der Waals surface area (Å²) in [5, 5.41) is 3.02. The number of anilines is 2. The molecule has 0 bridgehead atoms. The Bertz CT molecular complexity index is 2090. The molecule has 2 heterocycles. The first kappa shape index (κ1) is 28.1. The lowest BCUT2D eigenvalue weighted by atomic mass is 10.00. The molecule has 5 aromatic rings. The van der Waals surface area contributed by atoms with Crippen LogP contribution in [-0.4, -0.2) is 39.7 Å². The fourth-order valence-electron chi connectivity index (χ4n) is 5.29. The van der Waals surface area contributed by atoms with Crippen molar-refractivity contribution in [2.24, 2.45) is 0 Å². The number of pyridine rings is 1. The summed E-state index contributed by atoms with van der Waals surface area (Å²) in [6, 6.07) is 16.9. The molecule has 0 saturated heterocycles. The van der Waals surface area contributed by atoms with Crippen LogP contribution in [0.4, 0.5) is 20.2 Å². The molecule has 11 heteroatoms. The van der Waals surface area contributed by atoms with Crippen molar-refractivity contribution in [2.45, 2.75) is 6.42 Å². The van der Waals surface area contributed by atoms with Crippen molar-refractivity contribution < 1.29 is 26.4 Å². The van der Waals surface area contributed by atoms with Crippen molar-refractivity contribution in [3.8, 4) is 22.6 Å². The van der Waals surface area contributed by atoms with Crippen LogP contribution in [-0.2, 0) is 16.4 Å². The fourth-order valence-corrected chi connectivity index (χ4v) is 5.80. The van der Waals surface area contributed by atoms with Gasteiger partial charge in [-0.15, -0.1) is 0 Å². The van der Waals surface area contributed by atoms with Gasteiger partial charge in [-0.2, -0.15) is 0 Å². The van der Waals surface area contributed by atoms with Crippen molar-refractivity contribution in [3.63, 3.8) is 0 Å². The predicted molar refractivity (Wildman–Crippen MR) is 164 cm³/mol. The largest absolute Gasteiger partial charge is 0.455 e. The van der Waals surface area contributed by atoms with E-state index in [0.717, 1.165) is 16.1 Å². The molecule has 1 aliphatic rings. The topological polar surface area (TPSA) is 119 Å². The maximum Gasteiger partial charge on any atom is 0.255 e. The number of carbonyl (C=O) groups excluding carboxylic acids is 1. The highest BCUT2D eigenvalue weighted by Crippen LogP contribution is 2.42. The van der Waals surface area contributed by atoms with E-state index in [2.05, 4.69) is 5.32 Å². The second kappa shape index (κ2) is 10.4. The first-order valence-electron chi connectivity index (χ1n) is 13.2. The molecular weight excluding hydrogens is 574 g/mol. The molecule has 0 radical (unpaired) electrons. The van der Waals surface area contributed by atoms with E-state index < -0.39 is 21.7 Å². The average molecular weight is 601 g/mol. The lowest BCUT2D eigenvalue weighted by molar-refractivity contribution is 0.0964. The van der Waals surface area contributed by atoms with Crippen LogP contribution in [0.25, 0.3) is 45.2 Å². The van der Waals surface area contributed by atoms with Crippen molar-refractivity contribution in [3.05, 3.63) is 101 Å². The Morgan fingerprint density at radius 3 is 2.49 bits per heavy atom. The van der Waals surface area contributed by atoms with Crippen molar-refractivity contribution in [1.29, 1.82) is 0 Å². The Morgan fingerprint density at radius 1 is 1.07 bits per heavy atom. The van der Waals surface area contributed by atoms with Gasteiger partial charge in [0.2, 0.25) is 10.0 Å². The number of fused-ring (bicyclic) bond motifs is 2. The molecule has 0 atom stereocenters. The smallest absolute Gasteiger partial charge is 0.255 e. The Kier molecular flexibility index (Phi) is 6.77. The number of nitrogen functional groups attached to an aromatic ring is 1. The van der Waals surface area contributed by atoms with E-state index in [1.165, 1.54) is 50.5 Å². The zero-order valence-corrected chi connectivity index (χ0v) is 24.2. The Hall–Kier alpha value is -5.03. The van der Waals surface area contributed by atoms with Gasteiger partial charge in [0.25, 0.3) is 5.91 Å². The number of hydrogen-bond acceptors (Lipinski definition) is 6. The molecule has 2 aromatic heterocycles. The van der Waals surface area contributed by atoms with Crippen LogP contribution in [0.15, 0.2) is 71.1 Å². The summed E-state index contributed by atoms with van der Waals surface area (Å²) in [5.74, 6) is -1.05. The third kappa shape index (κ3) is 4.91. The summed E-state index contributed by atoms with van der Waals surface area (Å²) in [6.45, 7) is 0. The Labute approximate surface area is 246 Å². The summed E-state index contributed by atoms with van der Waals surface area (Å²) >= 11 is 0. The number of carbonyl (C=O) groups is 1. The maximum absolute atomic E-state index is 14.5. The van der Waals surface area contributed by atoms with E-state index in [0.29, 0.717) is 51.1 Å². The minimum absolute atomic E-state index is 0.194. The lowest BCUT2D eigenvalue weighted by Crippen LogP contribution is -2.25. The van der Waals surface area contributed by atoms with Gasteiger partial charge in [-0.25, -0.2) is 22.2 Å². The maximum atomic E-state index is 14.5. The highest BCUT2D eigenvalue weighted by molar-refractivity contribution is 7.92. The van der Waals surface area contributed by atoms with Gasteiger partial charge in [-0.1, -0.05) is 12.1 Å². The summed E-state index contributed by atoms with van der Waals surface area (Å²) in [6.07, 6.45) is 3.21. The minimum atomic E-state index is -3.75. The molecule has 218 valence electrons. The van der Waals surface area contributed by atoms with Gasteiger partial charge >= 0.3 is 0 Å². The summed E-state index contributed by atoms with van der Waals surface area (Å²) < 4.78 is 60.9. The number of amides is 1. The molecule has 0 unspecified atom stereocenters. The van der Waals surface area contributed by atoms with E-state index in [1.807, 2.05) is 6.07 Å². The number of benzene rings is 3. The molecule has 6 rings (SSSR count). The lowest BCUT2D eigenvalue weighted by Gasteiger charge is -2.21. The molecular formula is C32H26F2N4O4S. The van der Waals surface area contributed by atoms with E-state index >= 15 is 0 Å². The molecule has 1 amide bonds. The van der Waals surface area contributed by atoms with Crippen LogP contribution in [0.2, 0.25) is 0 Å². The number of hydrogen-bond donors (Lipinski definition) is 2. The normalized spacial score (nSPS) is 12.7. The van der Waals surface area contributed by atoms with Crippen molar-refractivity contribution in [2.75, 3.05) is 30.4 Å². The van der Waals surface area contributed by atoms with Crippen molar-refractivity contribution >= 4 is 49.9 Å². The number of furan rings is 1. The molecule has 0 aliphatic heterocycles. The zero-order valence-electron chi connectivity index (χ0n) is 23.4. The minimum Gasteiger partial charge on any atom is -0.455 e. The predicted octanol–water partition coefficient (Wildman–Crippen LogP) is 5.87. The Morgan fingerprint density at radius 2 is 1.81 bits per heavy atom. The van der Waals surface area contributed by atoms with Gasteiger partial charge in [0.1, 0.15) is 23.0 Å². The molecule has 43 heavy (non-hydrogen) atoms. The number of aromatic nitrogens is 1. The van der Waals surface area contributed by atoms with Crippen LogP contribution in [0.1, 0.15) is 27.2 Å². The molecule has 0 saturated carbocycles.